The predicted molar refractivity (Wildman–Crippen MR) is 102 cm³/mol. The van der Waals surface area contributed by atoms with Gasteiger partial charge in [0.1, 0.15) is 5.70 Å². The van der Waals surface area contributed by atoms with Crippen molar-refractivity contribution < 1.29 is 23.1 Å². The number of carbonyl (C=O) groups is 2. The number of amides is 1. The van der Waals surface area contributed by atoms with Crippen LogP contribution in [-0.4, -0.2) is 42.6 Å². The van der Waals surface area contributed by atoms with E-state index < -0.39 is 21.6 Å². The van der Waals surface area contributed by atoms with Crippen molar-refractivity contribution in [2.75, 3.05) is 7.05 Å². The highest BCUT2D eigenvalue weighted by Crippen LogP contribution is 2.34. The Kier molecular flexibility index (Phi) is 4.23. The summed E-state index contributed by atoms with van der Waals surface area (Å²) in [6.07, 6.45) is 1.88. The lowest BCUT2D eigenvalue weighted by Crippen LogP contribution is -2.37. The summed E-state index contributed by atoms with van der Waals surface area (Å²) >= 11 is 0. The Hall–Kier alpha value is -3.13. The molecule has 2 aromatic carbocycles. The molecular weight excluding hydrogens is 380 g/mol. The van der Waals surface area contributed by atoms with E-state index in [2.05, 4.69) is 5.32 Å². The van der Waals surface area contributed by atoms with E-state index in [-0.39, 0.29) is 33.7 Å². The van der Waals surface area contributed by atoms with Crippen LogP contribution in [0.1, 0.15) is 39.1 Å². The van der Waals surface area contributed by atoms with E-state index >= 15 is 0 Å². The summed E-state index contributed by atoms with van der Waals surface area (Å²) in [7, 11) is -2.75. The van der Waals surface area contributed by atoms with Crippen molar-refractivity contribution in [3.05, 3.63) is 70.9 Å². The van der Waals surface area contributed by atoms with Crippen LogP contribution in [0.25, 0.3) is 5.76 Å². The van der Waals surface area contributed by atoms with Crippen LogP contribution in [0, 0.1) is 0 Å². The fourth-order valence-electron chi connectivity index (χ4n) is 3.11. The Labute approximate surface area is 162 Å². The number of benzene rings is 2. The van der Waals surface area contributed by atoms with E-state index in [1.165, 1.54) is 37.4 Å². The molecule has 1 fully saturated rings. The van der Waals surface area contributed by atoms with Crippen LogP contribution < -0.4 is 5.32 Å². The van der Waals surface area contributed by atoms with Gasteiger partial charge in [0.15, 0.2) is 5.76 Å². The zero-order chi connectivity index (χ0) is 20.1. The summed E-state index contributed by atoms with van der Waals surface area (Å²) < 4.78 is 26.3. The maximum absolute atomic E-state index is 12.9. The van der Waals surface area contributed by atoms with Crippen molar-refractivity contribution in [1.29, 1.82) is 0 Å². The molecule has 0 bridgehead atoms. The predicted octanol–water partition coefficient (Wildman–Crippen LogP) is 2.32. The molecule has 0 saturated heterocycles. The van der Waals surface area contributed by atoms with Gasteiger partial charge in [-0.15, -0.1) is 0 Å². The summed E-state index contributed by atoms with van der Waals surface area (Å²) in [5.74, 6) is -1.37. The maximum Gasteiger partial charge on any atom is 0.265 e. The van der Waals surface area contributed by atoms with E-state index in [9.17, 15) is 23.1 Å². The van der Waals surface area contributed by atoms with Gasteiger partial charge in [0.25, 0.3) is 15.9 Å². The third-order valence-corrected chi connectivity index (χ3v) is 6.65. The molecule has 2 N–H and O–H groups in total. The molecule has 4 rings (SSSR count). The van der Waals surface area contributed by atoms with Crippen LogP contribution >= 0.6 is 0 Å². The van der Waals surface area contributed by atoms with Crippen molar-refractivity contribution in [2.24, 2.45) is 0 Å². The molecule has 0 unspecified atom stereocenters. The number of likely N-dealkylation sites (N-methyl/N-ethyl adjacent to an activating group) is 1. The zero-order valence-electron chi connectivity index (χ0n) is 15.0. The van der Waals surface area contributed by atoms with E-state index in [4.69, 9.17) is 0 Å². The topological polar surface area (TPSA) is 104 Å². The first-order chi connectivity index (χ1) is 13.3. The van der Waals surface area contributed by atoms with Gasteiger partial charge < -0.3 is 10.4 Å². The number of hydrogen-bond donors (Lipinski definition) is 2. The fraction of sp³-hybridized carbons (Fsp3) is 0.200. The number of sulfonamides is 1. The van der Waals surface area contributed by atoms with Crippen molar-refractivity contribution in [2.45, 2.75) is 23.8 Å². The number of hydrogen-bond acceptors (Lipinski definition) is 5. The van der Waals surface area contributed by atoms with Gasteiger partial charge in [-0.3, -0.25) is 13.9 Å². The number of Topliss-reactive ketones (excluding diaryl/α,β-unsaturated/α-hetero) is 1. The smallest absolute Gasteiger partial charge is 0.265 e. The number of fused-ring (bicyclic) bond motifs is 1. The van der Waals surface area contributed by atoms with Crippen LogP contribution in [0.4, 0.5) is 0 Å². The van der Waals surface area contributed by atoms with Crippen LogP contribution in [0.5, 0.6) is 0 Å². The largest absolute Gasteiger partial charge is 0.505 e. The average molecular weight is 398 g/mol. The molecule has 1 saturated carbocycles. The molecule has 0 radical (unpaired) electrons. The minimum absolute atomic E-state index is 0.00443. The summed E-state index contributed by atoms with van der Waals surface area (Å²) in [5.41, 5.74) is 0.169. The highest BCUT2D eigenvalue weighted by Gasteiger charge is 2.39. The minimum atomic E-state index is -3.97. The first kappa shape index (κ1) is 18.2. The third kappa shape index (κ3) is 2.95. The zero-order valence-corrected chi connectivity index (χ0v) is 15.9. The summed E-state index contributed by atoms with van der Waals surface area (Å²) in [6.45, 7) is 0. The van der Waals surface area contributed by atoms with Gasteiger partial charge in [-0.25, -0.2) is 8.42 Å². The molecule has 2 aromatic rings. The number of aliphatic hydroxyl groups is 1. The van der Waals surface area contributed by atoms with E-state index in [0.717, 1.165) is 17.1 Å². The lowest BCUT2D eigenvalue weighted by Gasteiger charge is -2.28. The second-order valence-corrected chi connectivity index (χ2v) is 8.76. The third-order valence-electron chi connectivity index (χ3n) is 4.84. The molecule has 0 atom stereocenters. The number of carbonyl (C=O) groups excluding carboxylic acids is 2. The number of allylic oxidation sites excluding steroid dienone is 1. The number of nitrogens with zero attached hydrogens (tertiary/aromatic N) is 1. The first-order valence-electron chi connectivity index (χ1n) is 8.78. The first-order valence-corrected chi connectivity index (χ1v) is 10.2. The molecule has 0 aromatic heterocycles. The monoisotopic (exact) mass is 398 g/mol. The van der Waals surface area contributed by atoms with Gasteiger partial charge in [0.2, 0.25) is 5.78 Å². The Bertz CT molecular complexity index is 1130. The summed E-state index contributed by atoms with van der Waals surface area (Å²) in [5, 5.41) is 13.6. The van der Waals surface area contributed by atoms with Crippen molar-refractivity contribution in [3.63, 3.8) is 0 Å². The van der Waals surface area contributed by atoms with Crippen LogP contribution in [0.3, 0.4) is 0 Å². The molecule has 144 valence electrons. The average Bonchev–Trinajstić information content (AvgIpc) is 3.51. The van der Waals surface area contributed by atoms with E-state index in [1.807, 2.05) is 0 Å². The lowest BCUT2D eigenvalue weighted by molar-refractivity contribution is 0.0950. The summed E-state index contributed by atoms with van der Waals surface area (Å²) in [4.78, 5) is 25.1. The standard InChI is InChI=1S/C20H18N2O5S/c1-22-17(19(24)15-7-2-3-8-16(15)28(22,26)27)18(23)12-5-4-6-13(11-12)20(25)21-14-9-10-14/h2-8,11,14,23H,9-10H2,1H3,(H,21,25). The van der Waals surface area contributed by atoms with E-state index in [1.54, 1.807) is 18.2 Å². The number of rotatable bonds is 3. The van der Waals surface area contributed by atoms with E-state index in [0.29, 0.717) is 5.56 Å². The Balaban J connectivity index is 1.80. The number of aliphatic hydroxyl groups excluding tert-OH is 1. The fourth-order valence-corrected chi connectivity index (χ4v) is 4.51. The highest BCUT2D eigenvalue weighted by molar-refractivity contribution is 7.89. The number of nitrogens with one attached hydrogen (secondary N) is 1. The van der Waals surface area contributed by atoms with Crippen LogP contribution in [-0.2, 0) is 10.0 Å². The van der Waals surface area contributed by atoms with Gasteiger partial charge in [0.05, 0.1) is 4.90 Å². The molecule has 1 heterocycles. The molecule has 2 aliphatic rings. The quantitative estimate of drug-likeness (QED) is 0.610. The van der Waals surface area contributed by atoms with Crippen LogP contribution in [0.15, 0.2) is 59.1 Å². The van der Waals surface area contributed by atoms with Gasteiger partial charge in [-0.05, 0) is 37.1 Å². The van der Waals surface area contributed by atoms with Crippen molar-refractivity contribution in [3.8, 4) is 0 Å². The molecule has 0 spiro atoms. The van der Waals surface area contributed by atoms with Gasteiger partial charge in [-0.1, -0.05) is 24.3 Å². The summed E-state index contributed by atoms with van der Waals surface area (Å²) in [6, 6.07) is 12.2. The SMILES string of the molecule is CN1C(=C(O)c2cccc(C(=O)NC3CC3)c2)C(=O)c2ccccc2S1(=O)=O. The maximum atomic E-state index is 12.9. The highest BCUT2D eigenvalue weighted by atomic mass is 32.2. The molecule has 1 aliphatic heterocycles. The lowest BCUT2D eigenvalue weighted by atomic mass is 10.0. The molecule has 7 nitrogen and oxygen atoms in total. The van der Waals surface area contributed by atoms with Crippen molar-refractivity contribution >= 4 is 27.5 Å². The molecule has 8 heteroatoms. The minimum Gasteiger partial charge on any atom is -0.505 e. The number of ketones is 1. The molecule has 1 aliphatic carbocycles. The Morgan fingerprint density at radius 1 is 1.11 bits per heavy atom. The van der Waals surface area contributed by atoms with Crippen LogP contribution in [0.2, 0.25) is 0 Å². The normalized spacial score (nSPS) is 19.8. The second-order valence-electron chi connectivity index (χ2n) is 6.82. The van der Waals surface area contributed by atoms with Gasteiger partial charge >= 0.3 is 0 Å². The molecule has 28 heavy (non-hydrogen) atoms. The Morgan fingerprint density at radius 3 is 2.50 bits per heavy atom. The van der Waals surface area contributed by atoms with Gasteiger partial charge in [-0.2, -0.15) is 0 Å². The molecular formula is C20H18N2O5S. The van der Waals surface area contributed by atoms with Gasteiger partial charge in [0, 0.05) is 29.8 Å². The Morgan fingerprint density at radius 2 is 1.79 bits per heavy atom. The molecule has 1 amide bonds. The second kappa shape index (κ2) is 6.49. The van der Waals surface area contributed by atoms with Crippen molar-refractivity contribution in [1.82, 2.24) is 9.62 Å².